The highest BCUT2D eigenvalue weighted by Gasteiger charge is 2.03. The van der Waals surface area contributed by atoms with E-state index in [1.807, 2.05) is 0 Å². The summed E-state index contributed by atoms with van der Waals surface area (Å²) in [6, 6.07) is 4.76. The number of aromatic nitrogens is 2. The normalized spacial score (nSPS) is 10.1. The number of alkyl halides is 1. The maximum absolute atomic E-state index is 11.5. The number of rotatable bonds is 1. The van der Waals surface area contributed by atoms with Crippen LogP contribution in [0.1, 0.15) is 5.82 Å². The van der Waals surface area contributed by atoms with Gasteiger partial charge in [-0.25, -0.2) is 9.83 Å². The van der Waals surface area contributed by atoms with Crippen LogP contribution in [0.25, 0.3) is 15.7 Å². The molecule has 0 amide bonds. The van der Waals surface area contributed by atoms with Crippen LogP contribution in [-0.2, 0) is 5.88 Å². The number of nitrogens with one attached hydrogen (secondary N) is 1. The zero-order valence-electron chi connectivity index (χ0n) is 7.62. The lowest BCUT2D eigenvalue weighted by Gasteiger charge is -1.99. The van der Waals surface area contributed by atoms with Crippen molar-refractivity contribution in [3.05, 3.63) is 45.8 Å². The molecule has 5 heteroatoms. The van der Waals surface area contributed by atoms with Gasteiger partial charge in [0.25, 0.3) is 5.56 Å². The molecular formula is C10H6ClN3O. The van der Waals surface area contributed by atoms with E-state index in [9.17, 15) is 4.79 Å². The molecule has 1 heterocycles. The van der Waals surface area contributed by atoms with Crippen LogP contribution in [0.5, 0.6) is 0 Å². The van der Waals surface area contributed by atoms with E-state index in [4.69, 9.17) is 18.2 Å². The smallest absolute Gasteiger partial charge is 0.258 e. The number of aromatic amines is 1. The Labute approximate surface area is 90.3 Å². The zero-order valence-corrected chi connectivity index (χ0v) is 8.38. The van der Waals surface area contributed by atoms with Crippen LogP contribution >= 0.6 is 11.6 Å². The molecule has 2 aromatic rings. The Hall–Kier alpha value is -1.86. The molecule has 2 rings (SSSR count). The third kappa shape index (κ3) is 1.69. The number of benzene rings is 1. The first-order chi connectivity index (χ1) is 7.24. The minimum absolute atomic E-state index is 0.146. The highest BCUT2D eigenvalue weighted by molar-refractivity contribution is 6.16. The van der Waals surface area contributed by atoms with Crippen LogP contribution in [0.2, 0.25) is 0 Å². The van der Waals surface area contributed by atoms with Crippen molar-refractivity contribution in [1.82, 2.24) is 9.97 Å². The van der Waals surface area contributed by atoms with E-state index < -0.39 is 0 Å². The van der Waals surface area contributed by atoms with Gasteiger partial charge in [0.15, 0.2) is 5.69 Å². The Bertz CT molecular complexity index is 612. The summed E-state index contributed by atoms with van der Waals surface area (Å²) in [5.41, 5.74) is 0.733. The molecular weight excluding hydrogens is 214 g/mol. The van der Waals surface area contributed by atoms with Gasteiger partial charge >= 0.3 is 0 Å². The van der Waals surface area contributed by atoms with Crippen molar-refractivity contribution < 1.29 is 0 Å². The molecule has 4 nitrogen and oxygen atoms in total. The molecule has 0 aliphatic carbocycles. The first kappa shape index (κ1) is 9.69. The molecule has 1 N–H and O–H groups in total. The summed E-state index contributed by atoms with van der Waals surface area (Å²) in [6.45, 7) is 6.86. The fraction of sp³-hybridized carbons (Fsp3) is 0.100. The monoisotopic (exact) mass is 219 g/mol. The molecule has 1 aromatic carbocycles. The second-order valence-corrected chi connectivity index (χ2v) is 3.23. The van der Waals surface area contributed by atoms with Crippen LogP contribution < -0.4 is 5.56 Å². The van der Waals surface area contributed by atoms with Gasteiger partial charge in [-0.1, -0.05) is 12.1 Å². The Balaban J connectivity index is 2.82. The van der Waals surface area contributed by atoms with E-state index in [0.717, 1.165) is 0 Å². The minimum atomic E-state index is -0.229. The van der Waals surface area contributed by atoms with E-state index in [-0.39, 0.29) is 11.4 Å². The van der Waals surface area contributed by atoms with Crippen molar-refractivity contribution in [1.29, 1.82) is 0 Å². The molecule has 15 heavy (non-hydrogen) atoms. The topological polar surface area (TPSA) is 50.1 Å². The van der Waals surface area contributed by atoms with E-state index in [1.165, 1.54) is 0 Å². The number of fused-ring (bicyclic) bond motifs is 1. The zero-order chi connectivity index (χ0) is 10.8. The highest BCUT2D eigenvalue weighted by atomic mass is 35.5. The number of halogens is 1. The van der Waals surface area contributed by atoms with E-state index in [0.29, 0.717) is 22.4 Å². The quantitative estimate of drug-likeness (QED) is 0.591. The molecule has 0 aliphatic rings. The molecule has 0 atom stereocenters. The molecule has 1 aromatic heterocycles. The van der Waals surface area contributed by atoms with Gasteiger partial charge in [-0.05, 0) is 6.07 Å². The van der Waals surface area contributed by atoms with Crippen molar-refractivity contribution in [3.8, 4) is 0 Å². The molecule has 74 valence electrons. The Morgan fingerprint density at radius 3 is 3.00 bits per heavy atom. The molecule has 0 aliphatic heterocycles. The predicted octanol–water partition coefficient (Wildman–Crippen LogP) is 2.21. The van der Waals surface area contributed by atoms with E-state index in [1.54, 1.807) is 18.2 Å². The second-order valence-electron chi connectivity index (χ2n) is 2.96. The van der Waals surface area contributed by atoms with Crippen LogP contribution in [0, 0.1) is 6.57 Å². The fourth-order valence-electron chi connectivity index (χ4n) is 1.31. The molecule has 0 saturated carbocycles. The summed E-state index contributed by atoms with van der Waals surface area (Å²) >= 11 is 5.58. The van der Waals surface area contributed by atoms with Gasteiger partial charge in [0, 0.05) is 0 Å². The van der Waals surface area contributed by atoms with Gasteiger partial charge in [-0.15, -0.1) is 11.6 Å². The second kappa shape index (κ2) is 3.71. The number of hydrogen-bond donors (Lipinski definition) is 1. The lowest BCUT2D eigenvalue weighted by Crippen LogP contribution is -2.10. The van der Waals surface area contributed by atoms with Gasteiger partial charge in [0.2, 0.25) is 0 Å². The third-order valence-electron chi connectivity index (χ3n) is 1.99. The van der Waals surface area contributed by atoms with Gasteiger partial charge in [-0.3, -0.25) is 4.79 Å². The van der Waals surface area contributed by atoms with Gasteiger partial charge < -0.3 is 4.98 Å². The maximum Gasteiger partial charge on any atom is 0.258 e. The molecule has 0 bridgehead atoms. The van der Waals surface area contributed by atoms with E-state index in [2.05, 4.69) is 14.8 Å². The maximum atomic E-state index is 11.5. The summed E-state index contributed by atoms with van der Waals surface area (Å²) in [7, 11) is 0. The SMILES string of the molecule is [C-]#[N+]c1ccc2c(=O)[nH]c(CCl)nc2c1. The van der Waals surface area contributed by atoms with Crippen molar-refractivity contribution in [2.45, 2.75) is 5.88 Å². The average Bonchev–Trinajstić information content (AvgIpc) is 2.28. The summed E-state index contributed by atoms with van der Waals surface area (Å²) in [5, 5.41) is 0.469. The van der Waals surface area contributed by atoms with Crippen molar-refractivity contribution in [3.63, 3.8) is 0 Å². The fourth-order valence-corrected chi connectivity index (χ4v) is 1.44. The Kier molecular flexibility index (Phi) is 2.40. The van der Waals surface area contributed by atoms with Gasteiger partial charge in [0.1, 0.15) is 5.82 Å². The number of hydrogen-bond acceptors (Lipinski definition) is 2. The van der Waals surface area contributed by atoms with E-state index >= 15 is 0 Å². The Morgan fingerprint density at radius 1 is 1.53 bits per heavy atom. The van der Waals surface area contributed by atoms with Gasteiger partial charge in [0.05, 0.1) is 23.4 Å². The summed E-state index contributed by atoms with van der Waals surface area (Å²) in [4.78, 5) is 21.5. The molecule has 0 saturated heterocycles. The van der Waals surface area contributed by atoms with Crippen LogP contribution in [-0.4, -0.2) is 9.97 Å². The number of H-pyrrole nitrogens is 1. The molecule has 0 unspecified atom stereocenters. The van der Waals surface area contributed by atoms with Crippen LogP contribution in [0.4, 0.5) is 5.69 Å². The Morgan fingerprint density at radius 2 is 2.33 bits per heavy atom. The molecule has 0 spiro atoms. The van der Waals surface area contributed by atoms with Crippen molar-refractivity contribution in [2.24, 2.45) is 0 Å². The molecule has 0 radical (unpaired) electrons. The van der Waals surface area contributed by atoms with Crippen LogP contribution in [0.3, 0.4) is 0 Å². The third-order valence-corrected chi connectivity index (χ3v) is 2.25. The van der Waals surface area contributed by atoms with Crippen LogP contribution in [0.15, 0.2) is 23.0 Å². The summed E-state index contributed by atoms with van der Waals surface area (Å²) in [6.07, 6.45) is 0. The van der Waals surface area contributed by atoms with Crippen molar-refractivity contribution in [2.75, 3.05) is 0 Å². The van der Waals surface area contributed by atoms with Gasteiger partial charge in [-0.2, -0.15) is 0 Å². The largest absolute Gasteiger partial charge is 0.309 e. The first-order valence-corrected chi connectivity index (χ1v) is 4.74. The first-order valence-electron chi connectivity index (χ1n) is 4.21. The summed E-state index contributed by atoms with van der Waals surface area (Å²) < 4.78 is 0. The predicted molar refractivity (Wildman–Crippen MR) is 58.2 cm³/mol. The summed E-state index contributed by atoms with van der Waals surface area (Å²) in [5.74, 6) is 0.559. The lowest BCUT2D eigenvalue weighted by atomic mass is 10.2. The highest BCUT2D eigenvalue weighted by Crippen LogP contribution is 2.17. The lowest BCUT2D eigenvalue weighted by molar-refractivity contribution is 1.04. The van der Waals surface area contributed by atoms with Crippen molar-refractivity contribution >= 4 is 28.2 Å². The number of nitrogens with zero attached hydrogens (tertiary/aromatic N) is 2. The molecule has 0 fully saturated rings. The minimum Gasteiger partial charge on any atom is -0.309 e. The average molecular weight is 220 g/mol. The standard InChI is InChI=1S/C10H6ClN3O/c1-12-6-2-3-7-8(4-6)13-9(5-11)14-10(7)15/h2-4H,5H2,(H,13,14,15).